The van der Waals surface area contributed by atoms with E-state index in [1.165, 1.54) is 18.9 Å². The van der Waals surface area contributed by atoms with E-state index in [0.29, 0.717) is 34.6 Å². The summed E-state index contributed by atoms with van der Waals surface area (Å²) >= 11 is 1.19. The molecule has 0 spiro atoms. The van der Waals surface area contributed by atoms with Gasteiger partial charge < -0.3 is 18.6 Å². The van der Waals surface area contributed by atoms with Crippen molar-refractivity contribution in [3.8, 4) is 17.2 Å². The third kappa shape index (κ3) is 4.83. The lowest BCUT2D eigenvalue weighted by Gasteiger charge is -2.08. The van der Waals surface area contributed by atoms with E-state index in [1.807, 2.05) is 24.3 Å². The maximum absolute atomic E-state index is 12.6. The molecule has 1 aromatic heterocycles. The molecule has 0 bridgehead atoms. The maximum atomic E-state index is 12.6. The van der Waals surface area contributed by atoms with Crippen LogP contribution < -0.4 is 14.2 Å². The Morgan fingerprint density at radius 1 is 0.964 bits per heavy atom. The van der Waals surface area contributed by atoms with Crippen molar-refractivity contribution < 1.29 is 23.4 Å². The first-order valence-electron chi connectivity index (χ1n) is 8.46. The number of thioether (sulfide) groups is 1. The fraction of sp³-hybridized carbons (Fsp3) is 0.250. The van der Waals surface area contributed by atoms with Crippen molar-refractivity contribution in [3.63, 3.8) is 0 Å². The molecule has 0 fully saturated rings. The molecule has 0 saturated heterocycles. The third-order valence-corrected chi connectivity index (χ3v) is 4.81. The number of ether oxygens (including phenoxy) is 3. The quantitative estimate of drug-likeness (QED) is 0.397. The molecule has 0 aliphatic carbocycles. The molecule has 0 aliphatic rings. The lowest BCUT2D eigenvalue weighted by atomic mass is 10.1. The molecule has 7 nitrogen and oxygen atoms in total. The van der Waals surface area contributed by atoms with Crippen LogP contribution in [0.5, 0.6) is 17.2 Å². The van der Waals surface area contributed by atoms with Crippen LogP contribution in [0.3, 0.4) is 0 Å². The van der Waals surface area contributed by atoms with Crippen LogP contribution in [0.15, 0.2) is 52.1 Å². The Hall–Kier alpha value is -3.00. The minimum atomic E-state index is -0.115. The van der Waals surface area contributed by atoms with Crippen LogP contribution in [0, 0.1) is 0 Å². The van der Waals surface area contributed by atoms with Gasteiger partial charge in [-0.1, -0.05) is 23.9 Å². The SMILES string of the molecule is COc1ccc(Cc2nnc(SCC(=O)c3cc(OC)ccc3OC)o2)cc1. The molecule has 0 saturated carbocycles. The predicted molar refractivity (Wildman–Crippen MR) is 105 cm³/mol. The van der Waals surface area contributed by atoms with Crippen molar-refractivity contribution >= 4 is 17.5 Å². The number of nitrogens with zero attached hydrogens (tertiary/aromatic N) is 2. The summed E-state index contributed by atoms with van der Waals surface area (Å²) in [4.78, 5) is 12.6. The van der Waals surface area contributed by atoms with Gasteiger partial charge in [0.15, 0.2) is 5.78 Å². The number of hydrogen-bond donors (Lipinski definition) is 0. The highest BCUT2D eigenvalue weighted by atomic mass is 32.2. The maximum Gasteiger partial charge on any atom is 0.277 e. The van der Waals surface area contributed by atoms with Crippen molar-refractivity contribution in [3.05, 3.63) is 59.5 Å². The van der Waals surface area contributed by atoms with E-state index in [2.05, 4.69) is 10.2 Å². The average Bonchev–Trinajstić information content (AvgIpc) is 3.19. The lowest BCUT2D eigenvalue weighted by Crippen LogP contribution is -2.05. The van der Waals surface area contributed by atoms with Crippen LogP contribution in [-0.4, -0.2) is 43.1 Å². The molecule has 3 rings (SSSR count). The van der Waals surface area contributed by atoms with Gasteiger partial charge in [0.1, 0.15) is 17.2 Å². The standard InChI is InChI=1S/C20H20N2O5S/c1-24-14-6-4-13(5-7-14)10-19-21-22-20(27-19)28-12-17(23)16-11-15(25-2)8-9-18(16)26-3/h4-9,11H,10,12H2,1-3H3. The van der Waals surface area contributed by atoms with Crippen molar-refractivity contribution in [2.24, 2.45) is 0 Å². The second-order valence-electron chi connectivity index (χ2n) is 5.76. The molecule has 2 aromatic carbocycles. The molecule has 0 unspecified atom stereocenters. The normalized spacial score (nSPS) is 10.5. The number of aromatic nitrogens is 2. The zero-order valence-corrected chi connectivity index (χ0v) is 16.6. The highest BCUT2D eigenvalue weighted by Crippen LogP contribution is 2.27. The molecule has 8 heteroatoms. The van der Waals surface area contributed by atoms with Gasteiger partial charge in [-0.3, -0.25) is 4.79 Å². The van der Waals surface area contributed by atoms with Gasteiger partial charge in [-0.15, -0.1) is 10.2 Å². The second kappa shape index (κ2) is 9.27. The van der Waals surface area contributed by atoms with Gasteiger partial charge in [-0.05, 0) is 35.9 Å². The summed E-state index contributed by atoms with van der Waals surface area (Å²) in [6.07, 6.45) is 0.509. The summed E-state index contributed by atoms with van der Waals surface area (Å²) in [5.74, 6) is 2.39. The monoisotopic (exact) mass is 400 g/mol. The molecule has 0 aliphatic heterocycles. The average molecular weight is 400 g/mol. The minimum absolute atomic E-state index is 0.115. The highest BCUT2D eigenvalue weighted by molar-refractivity contribution is 7.99. The van der Waals surface area contributed by atoms with Crippen LogP contribution in [0.1, 0.15) is 21.8 Å². The topological polar surface area (TPSA) is 83.7 Å². The number of carbonyl (C=O) groups excluding carboxylic acids is 1. The summed E-state index contributed by atoms with van der Waals surface area (Å²) in [5.41, 5.74) is 1.48. The first kappa shape index (κ1) is 19.8. The Labute approximate surface area is 167 Å². The Kier molecular flexibility index (Phi) is 6.54. The Morgan fingerprint density at radius 3 is 2.36 bits per heavy atom. The van der Waals surface area contributed by atoms with E-state index in [1.54, 1.807) is 32.4 Å². The number of Topliss-reactive ketones (excluding diaryl/α,β-unsaturated/α-hetero) is 1. The number of ketones is 1. The molecule has 0 N–H and O–H groups in total. The number of hydrogen-bond acceptors (Lipinski definition) is 8. The molecule has 146 valence electrons. The number of carbonyl (C=O) groups is 1. The van der Waals surface area contributed by atoms with E-state index in [4.69, 9.17) is 18.6 Å². The van der Waals surface area contributed by atoms with Crippen LogP contribution in [-0.2, 0) is 6.42 Å². The van der Waals surface area contributed by atoms with Gasteiger partial charge in [-0.25, -0.2) is 0 Å². The molecule has 0 radical (unpaired) electrons. The highest BCUT2D eigenvalue weighted by Gasteiger charge is 2.16. The Morgan fingerprint density at radius 2 is 1.68 bits per heavy atom. The van der Waals surface area contributed by atoms with Gasteiger partial charge in [0, 0.05) is 0 Å². The predicted octanol–water partition coefficient (Wildman–Crippen LogP) is 3.66. The molecular weight excluding hydrogens is 380 g/mol. The van der Waals surface area contributed by atoms with Gasteiger partial charge in [-0.2, -0.15) is 0 Å². The zero-order chi connectivity index (χ0) is 19.9. The molecule has 0 atom stereocenters. The van der Waals surface area contributed by atoms with E-state index >= 15 is 0 Å². The number of rotatable bonds is 9. The van der Waals surface area contributed by atoms with Crippen LogP contribution in [0.25, 0.3) is 0 Å². The smallest absolute Gasteiger partial charge is 0.277 e. The summed E-state index contributed by atoms with van der Waals surface area (Å²) in [6, 6.07) is 12.7. The van der Waals surface area contributed by atoms with E-state index < -0.39 is 0 Å². The first-order chi connectivity index (χ1) is 13.6. The van der Waals surface area contributed by atoms with Gasteiger partial charge in [0.2, 0.25) is 5.89 Å². The number of benzene rings is 2. The molecule has 28 heavy (non-hydrogen) atoms. The van der Waals surface area contributed by atoms with Gasteiger partial charge in [0.05, 0.1) is 39.1 Å². The Bertz CT molecular complexity index is 940. The van der Waals surface area contributed by atoms with Crippen LogP contribution >= 0.6 is 11.8 Å². The molecule has 3 aromatic rings. The van der Waals surface area contributed by atoms with Crippen molar-refractivity contribution in [2.45, 2.75) is 11.6 Å². The van der Waals surface area contributed by atoms with Crippen LogP contribution in [0.2, 0.25) is 0 Å². The summed E-state index contributed by atoms with van der Waals surface area (Å²) in [5, 5.41) is 8.39. The fourth-order valence-electron chi connectivity index (χ4n) is 2.52. The number of methoxy groups -OCH3 is 3. The summed E-state index contributed by atoms with van der Waals surface area (Å²) in [6.45, 7) is 0. The zero-order valence-electron chi connectivity index (χ0n) is 15.8. The Balaban J connectivity index is 1.61. The third-order valence-electron chi connectivity index (χ3n) is 4.00. The van der Waals surface area contributed by atoms with E-state index in [9.17, 15) is 4.79 Å². The summed E-state index contributed by atoms with van der Waals surface area (Å²) < 4.78 is 21.2. The van der Waals surface area contributed by atoms with Crippen molar-refractivity contribution in [2.75, 3.05) is 27.1 Å². The van der Waals surface area contributed by atoms with E-state index in [-0.39, 0.29) is 11.5 Å². The molecular formula is C20H20N2O5S. The largest absolute Gasteiger partial charge is 0.497 e. The van der Waals surface area contributed by atoms with Gasteiger partial charge in [0.25, 0.3) is 5.22 Å². The lowest BCUT2D eigenvalue weighted by molar-refractivity contribution is 0.101. The van der Waals surface area contributed by atoms with E-state index in [0.717, 1.165) is 11.3 Å². The fourth-order valence-corrected chi connectivity index (χ4v) is 3.19. The molecule has 1 heterocycles. The summed E-state index contributed by atoms with van der Waals surface area (Å²) in [7, 11) is 4.70. The first-order valence-corrected chi connectivity index (χ1v) is 9.45. The minimum Gasteiger partial charge on any atom is -0.497 e. The molecule has 0 amide bonds. The van der Waals surface area contributed by atoms with Gasteiger partial charge >= 0.3 is 0 Å². The van der Waals surface area contributed by atoms with Crippen LogP contribution in [0.4, 0.5) is 0 Å². The van der Waals surface area contributed by atoms with Crippen molar-refractivity contribution in [1.82, 2.24) is 10.2 Å². The second-order valence-corrected chi connectivity index (χ2v) is 6.69. The van der Waals surface area contributed by atoms with Crippen molar-refractivity contribution in [1.29, 1.82) is 0 Å².